The van der Waals surface area contributed by atoms with Crippen molar-refractivity contribution in [2.24, 2.45) is 0 Å². The van der Waals surface area contributed by atoms with Gasteiger partial charge in [0.25, 0.3) is 0 Å². The Balaban J connectivity index is 2.02. The molecule has 1 atom stereocenters. The lowest BCUT2D eigenvalue weighted by molar-refractivity contribution is 0.191. The molecule has 2 heterocycles. The fourth-order valence-electron chi connectivity index (χ4n) is 3.32. The number of aromatic nitrogens is 2. The van der Waals surface area contributed by atoms with Crippen LogP contribution < -0.4 is 5.32 Å². The van der Waals surface area contributed by atoms with Gasteiger partial charge in [-0.25, -0.2) is 4.98 Å². The van der Waals surface area contributed by atoms with Gasteiger partial charge in [0.15, 0.2) is 0 Å². The molecule has 1 saturated carbocycles. The van der Waals surface area contributed by atoms with Crippen LogP contribution in [-0.4, -0.2) is 16.0 Å². The Morgan fingerprint density at radius 1 is 1.33 bits per heavy atom. The summed E-state index contributed by atoms with van der Waals surface area (Å²) in [6, 6.07) is 0.580. The lowest BCUT2D eigenvalue weighted by Crippen LogP contribution is -2.52. The van der Waals surface area contributed by atoms with E-state index in [9.17, 15) is 0 Å². The van der Waals surface area contributed by atoms with Crippen molar-refractivity contribution in [1.82, 2.24) is 15.3 Å². The maximum atomic E-state index is 4.55. The molecule has 1 fully saturated rings. The zero-order valence-electron chi connectivity index (χ0n) is 9.34. The predicted octanol–water partition coefficient (Wildman–Crippen LogP) is 2.10. The third kappa shape index (κ3) is 1.41. The van der Waals surface area contributed by atoms with E-state index in [0.717, 1.165) is 6.42 Å². The Morgan fingerprint density at radius 2 is 2.13 bits per heavy atom. The third-order valence-electron chi connectivity index (χ3n) is 3.91. The van der Waals surface area contributed by atoms with Gasteiger partial charge in [0.05, 0.1) is 17.6 Å². The van der Waals surface area contributed by atoms with Crippen molar-refractivity contribution in [2.75, 3.05) is 0 Å². The minimum atomic E-state index is 0.200. The van der Waals surface area contributed by atoms with E-state index >= 15 is 0 Å². The summed E-state index contributed by atoms with van der Waals surface area (Å²) in [5.74, 6) is 0. The average molecular weight is 205 g/mol. The maximum absolute atomic E-state index is 4.55. The molecule has 1 aromatic rings. The Hall–Kier alpha value is -0.830. The number of aromatic amines is 1. The average Bonchev–Trinajstić information content (AvgIpc) is 2.67. The molecule has 1 spiro atoms. The number of rotatable bonds is 0. The van der Waals surface area contributed by atoms with E-state index in [0.29, 0.717) is 6.04 Å². The van der Waals surface area contributed by atoms with Gasteiger partial charge in [-0.2, -0.15) is 0 Å². The Bertz CT molecular complexity index is 350. The van der Waals surface area contributed by atoms with E-state index < -0.39 is 0 Å². The van der Waals surface area contributed by atoms with E-state index in [2.05, 4.69) is 22.2 Å². The summed E-state index contributed by atoms with van der Waals surface area (Å²) in [4.78, 5) is 7.86. The fraction of sp³-hybridized carbons (Fsp3) is 0.750. The second-order valence-electron chi connectivity index (χ2n) is 5.12. The van der Waals surface area contributed by atoms with Crippen LogP contribution in [0.25, 0.3) is 0 Å². The number of hydrogen-bond donors (Lipinski definition) is 2. The summed E-state index contributed by atoms with van der Waals surface area (Å²) in [5.41, 5.74) is 2.87. The fourth-order valence-corrected chi connectivity index (χ4v) is 3.32. The summed E-state index contributed by atoms with van der Waals surface area (Å²) in [6.45, 7) is 2.28. The lowest BCUT2D eigenvalue weighted by atomic mass is 9.75. The highest BCUT2D eigenvalue weighted by Gasteiger charge is 2.41. The van der Waals surface area contributed by atoms with Crippen molar-refractivity contribution >= 4 is 0 Å². The van der Waals surface area contributed by atoms with E-state index in [4.69, 9.17) is 0 Å². The minimum absolute atomic E-state index is 0.200. The number of hydrogen-bond acceptors (Lipinski definition) is 2. The first-order valence-corrected chi connectivity index (χ1v) is 6.11. The van der Waals surface area contributed by atoms with Crippen LogP contribution in [0.3, 0.4) is 0 Å². The predicted molar refractivity (Wildman–Crippen MR) is 59.7 cm³/mol. The molecule has 0 amide bonds. The number of imidazole rings is 1. The molecular formula is C12H19N3. The van der Waals surface area contributed by atoms with E-state index in [-0.39, 0.29) is 5.54 Å². The molecule has 3 nitrogen and oxygen atoms in total. The van der Waals surface area contributed by atoms with E-state index in [1.54, 1.807) is 0 Å². The van der Waals surface area contributed by atoms with Gasteiger partial charge in [-0.3, -0.25) is 0 Å². The Kier molecular flexibility index (Phi) is 2.09. The molecular weight excluding hydrogens is 186 g/mol. The number of fused-ring (bicyclic) bond motifs is 2. The number of H-pyrrole nitrogens is 1. The van der Waals surface area contributed by atoms with Gasteiger partial charge in [-0.1, -0.05) is 19.3 Å². The first kappa shape index (κ1) is 9.40. The lowest BCUT2D eigenvalue weighted by Gasteiger charge is -2.43. The number of nitrogens with zero attached hydrogens (tertiary/aromatic N) is 1. The molecule has 1 aliphatic heterocycles. The van der Waals surface area contributed by atoms with Crippen molar-refractivity contribution in [1.29, 1.82) is 0 Å². The van der Waals surface area contributed by atoms with Gasteiger partial charge in [0.1, 0.15) is 0 Å². The molecule has 0 bridgehead atoms. The zero-order chi connectivity index (χ0) is 10.3. The van der Waals surface area contributed by atoms with E-state index in [1.165, 1.54) is 43.5 Å². The summed E-state index contributed by atoms with van der Waals surface area (Å²) in [7, 11) is 0. The van der Waals surface area contributed by atoms with Crippen LogP contribution in [0.15, 0.2) is 6.33 Å². The zero-order valence-corrected chi connectivity index (χ0v) is 9.34. The van der Waals surface area contributed by atoms with Crippen molar-refractivity contribution < 1.29 is 0 Å². The van der Waals surface area contributed by atoms with Crippen molar-refractivity contribution in [3.63, 3.8) is 0 Å². The summed E-state index contributed by atoms with van der Waals surface area (Å²) in [5, 5.41) is 3.79. The molecule has 3 heteroatoms. The highest BCUT2D eigenvalue weighted by Crippen LogP contribution is 2.40. The third-order valence-corrected chi connectivity index (χ3v) is 3.91. The first-order valence-electron chi connectivity index (χ1n) is 6.11. The Labute approximate surface area is 90.7 Å². The smallest absolute Gasteiger partial charge is 0.0926 e. The second kappa shape index (κ2) is 3.34. The molecule has 1 unspecified atom stereocenters. The van der Waals surface area contributed by atoms with Gasteiger partial charge in [-0.15, -0.1) is 0 Å². The van der Waals surface area contributed by atoms with E-state index in [1.807, 2.05) is 6.33 Å². The van der Waals surface area contributed by atoms with Crippen LogP contribution in [-0.2, 0) is 12.0 Å². The molecule has 15 heavy (non-hydrogen) atoms. The molecule has 0 aromatic carbocycles. The highest BCUT2D eigenvalue weighted by molar-refractivity contribution is 5.26. The standard InChI is InChI=1S/C12H19N3/c1-9-7-10-11(14-8-13-10)12(15-9)5-3-2-4-6-12/h8-9,15H,2-7H2,1H3,(H,13,14). The molecule has 2 aliphatic rings. The van der Waals surface area contributed by atoms with Gasteiger partial charge in [-0.05, 0) is 19.8 Å². The van der Waals surface area contributed by atoms with Crippen molar-refractivity contribution in [3.8, 4) is 0 Å². The first-order chi connectivity index (χ1) is 7.30. The van der Waals surface area contributed by atoms with Gasteiger partial charge < -0.3 is 10.3 Å². The van der Waals surface area contributed by atoms with Crippen LogP contribution in [0, 0.1) is 0 Å². The van der Waals surface area contributed by atoms with Crippen LogP contribution in [0.2, 0.25) is 0 Å². The van der Waals surface area contributed by atoms with Crippen LogP contribution in [0.5, 0.6) is 0 Å². The molecule has 0 radical (unpaired) electrons. The van der Waals surface area contributed by atoms with Crippen molar-refractivity contribution in [3.05, 3.63) is 17.7 Å². The SMILES string of the molecule is CC1Cc2[nH]cnc2C2(CCCCC2)N1. The van der Waals surface area contributed by atoms with Crippen molar-refractivity contribution in [2.45, 2.75) is 57.0 Å². The molecule has 3 rings (SSSR count). The van der Waals surface area contributed by atoms with Crippen LogP contribution in [0.1, 0.15) is 50.4 Å². The van der Waals surface area contributed by atoms with Gasteiger partial charge in [0, 0.05) is 18.2 Å². The molecule has 1 aromatic heterocycles. The second-order valence-corrected chi connectivity index (χ2v) is 5.12. The monoisotopic (exact) mass is 205 g/mol. The van der Waals surface area contributed by atoms with Gasteiger partial charge in [0.2, 0.25) is 0 Å². The normalized spacial score (nSPS) is 29.0. The maximum Gasteiger partial charge on any atom is 0.0926 e. The molecule has 2 N–H and O–H groups in total. The quantitative estimate of drug-likeness (QED) is 0.681. The van der Waals surface area contributed by atoms with Crippen LogP contribution in [0.4, 0.5) is 0 Å². The highest BCUT2D eigenvalue weighted by atomic mass is 15.1. The minimum Gasteiger partial charge on any atom is -0.348 e. The summed E-state index contributed by atoms with van der Waals surface area (Å²) < 4.78 is 0. The largest absolute Gasteiger partial charge is 0.348 e. The van der Waals surface area contributed by atoms with Crippen LogP contribution >= 0.6 is 0 Å². The molecule has 0 saturated heterocycles. The van der Waals surface area contributed by atoms with Gasteiger partial charge >= 0.3 is 0 Å². The Morgan fingerprint density at radius 3 is 2.93 bits per heavy atom. The molecule has 82 valence electrons. The summed E-state index contributed by atoms with van der Waals surface area (Å²) in [6.07, 6.45) is 9.54. The summed E-state index contributed by atoms with van der Waals surface area (Å²) >= 11 is 0. The molecule has 1 aliphatic carbocycles. The topological polar surface area (TPSA) is 40.7 Å². The number of nitrogens with one attached hydrogen (secondary N) is 2.